The van der Waals surface area contributed by atoms with E-state index in [9.17, 15) is 4.79 Å². The summed E-state index contributed by atoms with van der Waals surface area (Å²) in [6, 6.07) is 5.66. The van der Waals surface area contributed by atoms with Gasteiger partial charge in [-0.3, -0.25) is 4.79 Å². The average molecular weight is 404 g/mol. The first-order chi connectivity index (χ1) is 13.5. The van der Waals surface area contributed by atoms with Crippen molar-refractivity contribution in [2.45, 2.75) is 31.7 Å². The summed E-state index contributed by atoms with van der Waals surface area (Å²) < 4.78 is 5.81. The zero-order valence-electron chi connectivity index (χ0n) is 17.1. The molecule has 0 atom stereocenters. The number of thioether (sulfide) groups is 1. The van der Waals surface area contributed by atoms with E-state index in [2.05, 4.69) is 40.7 Å². The molecule has 3 rings (SSSR count). The predicted octanol–water partition coefficient (Wildman–Crippen LogP) is 2.90. The number of nitrogens with zero attached hydrogens (tertiary/aromatic N) is 5. The third-order valence-corrected chi connectivity index (χ3v) is 5.78. The molecule has 0 radical (unpaired) electrons. The van der Waals surface area contributed by atoms with Crippen molar-refractivity contribution in [3.8, 4) is 0 Å². The van der Waals surface area contributed by atoms with E-state index in [4.69, 9.17) is 4.42 Å². The third kappa shape index (κ3) is 5.05. The number of likely N-dealkylation sites (N-methyl/N-ethyl adjacent to an activating group) is 1. The van der Waals surface area contributed by atoms with Crippen LogP contribution in [-0.2, 0) is 5.75 Å². The summed E-state index contributed by atoms with van der Waals surface area (Å²) in [6.07, 6.45) is 0. The number of carbonyl (C=O) groups excluding carboxylic acids is 1. The quantitative estimate of drug-likeness (QED) is 0.520. The van der Waals surface area contributed by atoms with Gasteiger partial charge in [-0.1, -0.05) is 11.8 Å². The van der Waals surface area contributed by atoms with E-state index in [0.717, 1.165) is 61.7 Å². The fraction of sp³-hybridized carbons (Fsp3) is 0.550. The maximum absolute atomic E-state index is 12.6. The summed E-state index contributed by atoms with van der Waals surface area (Å²) >= 11 is 1.53. The molecule has 0 unspecified atom stereocenters. The minimum Gasteiger partial charge on any atom is -0.455 e. The number of hydrogen-bond acceptors (Lipinski definition) is 7. The van der Waals surface area contributed by atoms with Gasteiger partial charge in [-0.15, -0.1) is 0 Å². The first-order valence-electron chi connectivity index (χ1n) is 9.80. The molecule has 152 valence electrons. The van der Waals surface area contributed by atoms with Gasteiger partial charge in [-0.2, -0.15) is 0 Å². The highest BCUT2D eigenvalue weighted by Gasteiger charge is 2.23. The average Bonchev–Trinajstić information content (AvgIpc) is 3.16. The largest absolute Gasteiger partial charge is 0.455 e. The summed E-state index contributed by atoms with van der Waals surface area (Å²) in [6.45, 7) is 11.3. The van der Waals surface area contributed by atoms with Crippen molar-refractivity contribution < 1.29 is 9.21 Å². The summed E-state index contributed by atoms with van der Waals surface area (Å²) in [7, 11) is 2.07. The van der Waals surface area contributed by atoms with Gasteiger partial charge in [-0.05, 0) is 40.0 Å². The van der Waals surface area contributed by atoms with Crippen LogP contribution in [0.15, 0.2) is 27.8 Å². The Bertz CT molecular complexity index is 798. The van der Waals surface area contributed by atoms with Crippen molar-refractivity contribution in [1.82, 2.24) is 19.8 Å². The highest BCUT2D eigenvalue weighted by Crippen LogP contribution is 2.24. The predicted molar refractivity (Wildman–Crippen MR) is 112 cm³/mol. The van der Waals surface area contributed by atoms with E-state index < -0.39 is 0 Å². The molecule has 2 aromatic rings. The van der Waals surface area contributed by atoms with Gasteiger partial charge in [0.15, 0.2) is 10.9 Å². The lowest BCUT2D eigenvalue weighted by molar-refractivity contribution is 0.0631. The maximum Gasteiger partial charge on any atom is 0.289 e. The molecule has 0 aromatic carbocycles. The molecule has 1 aliphatic heterocycles. The number of carbonyl (C=O) groups is 1. The van der Waals surface area contributed by atoms with E-state index in [1.807, 2.05) is 24.0 Å². The van der Waals surface area contributed by atoms with Gasteiger partial charge in [-0.25, -0.2) is 9.97 Å². The maximum atomic E-state index is 12.6. The Morgan fingerprint density at radius 3 is 2.57 bits per heavy atom. The van der Waals surface area contributed by atoms with E-state index in [0.29, 0.717) is 11.5 Å². The summed E-state index contributed by atoms with van der Waals surface area (Å²) in [5.74, 6) is 2.69. The molecule has 3 heterocycles. The summed E-state index contributed by atoms with van der Waals surface area (Å²) in [5, 5.41) is 0.727. The molecular formula is C20H29N5O2S. The van der Waals surface area contributed by atoms with Crippen LogP contribution in [0.25, 0.3) is 0 Å². The van der Waals surface area contributed by atoms with Gasteiger partial charge in [0.1, 0.15) is 11.6 Å². The van der Waals surface area contributed by atoms with Gasteiger partial charge < -0.3 is 19.1 Å². The molecule has 8 heteroatoms. The minimum absolute atomic E-state index is 0.0278. The van der Waals surface area contributed by atoms with E-state index in [-0.39, 0.29) is 5.91 Å². The van der Waals surface area contributed by atoms with Crippen molar-refractivity contribution in [2.24, 2.45) is 0 Å². The molecule has 0 spiro atoms. The Labute approximate surface area is 171 Å². The molecule has 1 aliphatic rings. The molecule has 0 N–H and O–H groups in total. The highest BCUT2D eigenvalue weighted by molar-refractivity contribution is 7.98. The number of rotatable bonds is 7. The first kappa shape index (κ1) is 20.7. The van der Waals surface area contributed by atoms with Gasteiger partial charge in [0, 0.05) is 51.0 Å². The first-order valence-corrected chi connectivity index (χ1v) is 10.8. The zero-order chi connectivity index (χ0) is 20.1. The van der Waals surface area contributed by atoms with Crippen LogP contribution in [0.4, 0.5) is 5.82 Å². The zero-order valence-corrected chi connectivity index (χ0v) is 18.0. The number of aromatic nitrogens is 2. The van der Waals surface area contributed by atoms with Crippen LogP contribution in [0.2, 0.25) is 0 Å². The third-order valence-electron chi connectivity index (χ3n) is 4.91. The van der Waals surface area contributed by atoms with Crippen LogP contribution in [0, 0.1) is 6.92 Å². The smallest absolute Gasteiger partial charge is 0.289 e. The van der Waals surface area contributed by atoms with E-state index >= 15 is 0 Å². The Kier molecular flexibility index (Phi) is 6.96. The Balaban J connectivity index is 1.62. The van der Waals surface area contributed by atoms with E-state index in [1.54, 1.807) is 6.07 Å². The van der Waals surface area contributed by atoms with Gasteiger partial charge in [0.25, 0.3) is 5.91 Å². The van der Waals surface area contributed by atoms with Gasteiger partial charge >= 0.3 is 0 Å². The van der Waals surface area contributed by atoms with Crippen molar-refractivity contribution >= 4 is 23.5 Å². The normalized spacial score (nSPS) is 15.1. The van der Waals surface area contributed by atoms with Gasteiger partial charge in [0.2, 0.25) is 0 Å². The van der Waals surface area contributed by atoms with Crippen LogP contribution < -0.4 is 4.90 Å². The number of hydrogen-bond donors (Lipinski definition) is 0. The van der Waals surface area contributed by atoms with Crippen LogP contribution >= 0.6 is 11.8 Å². The molecule has 1 saturated heterocycles. The topological polar surface area (TPSA) is 65.7 Å². The van der Waals surface area contributed by atoms with Crippen molar-refractivity contribution in [3.05, 3.63) is 35.4 Å². The van der Waals surface area contributed by atoms with E-state index in [1.165, 1.54) is 11.8 Å². The Morgan fingerprint density at radius 2 is 1.89 bits per heavy atom. The van der Waals surface area contributed by atoms with Crippen LogP contribution in [0.3, 0.4) is 0 Å². The second-order valence-corrected chi connectivity index (χ2v) is 7.91. The number of anilines is 1. The molecule has 0 bridgehead atoms. The van der Waals surface area contributed by atoms with Crippen molar-refractivity contribution in [1.29, 1.82) is 0 Å². The molecule has 0 saturated carbocycles. The Hall–Kier alpha value is -2.06. The lowest BCUT2D eigenvalue weighted by Gasteiger charge is -2.31. The molecule has 7 nitrogen and oxygen atoms in total. The van der Waals surface area contributed by atoms with Crippen molar-refractivity contribution in [2.75, 3.05) is 51.2 Å². The molecule has 1 fully saturated rings. The molecule has 28 heavy (non-hydrogen) atoms. The fourth-order valence-electron chi connectivity index (χ4n) is 3.17. The van der Waals surface area contributed by atoms with Crippen LogP contribution in [-0.4, -0.2) is 72.0 Å². The van der Waals surface area contributed by atoms with Crippen LogP contribution in [0.5, 0.6) is 0 Å². The number of aryl methyl sites for hydroxylation is 1. The summed E-state index contributed by atoms with van der Waals surface area (Å²) in [4.78, 5) is 28.1. The van der Waals surface area contributed by atoms with Crippen molar-refractivity contribution in [3.63, 3.8) is 0 Å². The second-order valence-electron chi connectivity index (χ2n) is 6.97. The highest BCUT2D eigenvalue weighted by atomic mass is 32.2. The number of furan rings is 1. The second kappa shape index (κ2) is 9.43. The van der Waals surface area contributed by atoms with Crippen LogP contribution in [0.1, 0.15) is 35.9 Å². The van der Waals surface area contributed by atoms with Gasteiger partial charge in [0.05, 0.1) is 5.75 Å². The number of piperazine rings is 1. The fourth-order valence-corrected chi connectivity index (χ4v) is 3.96. The molecule has 2 aromatic heterocycles. The monoisotopic (exact) mass is 403 g/mol. The summed E-state index contributed by atoms with van der Waals surface area (Å²) in [5.41, 5.74) is 0.949. The molecular weight excluding hydrogens is 374 g/mol. The SMILES string of the molecule is CCN(CC)c1cc(C)nc(SCc2ccc(C(=O)N3CCN(C)CC3)o2)n1. The molecule has 0 aliphatic carbocycles. The lowest BCUT2D eigenvalue weighted by Crippen LogP contribution is -2.47. The number of amides is 1. The minimum atomic E-state index is -0.0278. The standard InChI is InChI=1S/C20H29N5O2S/c1-5-24(6-2)18-13-15(3)21-20(22-18)28-14-16-7-8-17(27-16)19(26)25-11-9-23(4)10-12-25/h7-8,13H,5-6,9-12,14H2,1-4H3. The molecule has 1 amide bonds. The lowest BCUT2D eigenvalue weighted by atomic mass is 10.3. The Morgan fingerprint density at radius 1 is 1.18 bits per heavy atom.